The van der Waals surface area contributed by atoms with Crippen LogP contribution in [0.2, 0.25) is 0 Å². The fourth-order valence-electron chi connectivity index (χ4n) is 2.42. The van der Waals surface area contributed by atoms with E-state index in [1.807, 2.05) is 35.9 Å². The molecule has 0 aliphatic rings. The van der Waals surface area contributed by atoms with E-state index in [2.05, 4.69) is 4.98 Å². The highest BCUT2D eigenvalue weighted by Gasteiger charge is 2.17. The summed E-state index contributed by atoms with van der Waals surface area (Å²) >= 11 is 0. The van der Waals surface area contributed by atoms with E-state index in [4.69, 9.17) is 5.73 Å². The predicted molar refractivity (Wildman–Crippen MR) is 83.7 cm³/mol. The molecule has 0 aliphatic carbocycles. The number of aryl methyl sites for hydroxylation is 1. The van der Waals surface area contributed by atoms with Crippen molar-refractivity contribution in [2.75, 3.05) is 12.0 Å². The van der Waals surface area contributed by atoms with Crippen molar-refractivity contribution in [1.82, 2.24) is 9.55 Å². The molecule has 1 heterocycles. The van der Waals surface area contributed by atoms with Gasteiger partial charge in [0.25, 0.3) is 0 Å². The minimum Gasteiger partial charge on any atom is -0.399 e. The average Bonchev–Trinajstić information content (AvgIpc) is 2.75. The summed E-state index contributed by atoms with van der Waals surface area (Å²) in [5.74, 6) is 0.688. The zero-order valence-corrected chi connectivity index (χ0v) is 12.6. The van der Waals surface area contributed by atoms with Crippen LogP contribution in [0.5, 0.6) is 0 Å². The maximum Gasteiger partial charge on any atom is 0.177 e. The molecule has 0 fully saturated rings. The van der Waals surface area contributed by atoms with Crippen LogP contribution in [0.3, 0.4) is 0 Å². The molecule has 2 N–H and O–H groups in total. The zero-order chi connectivity index (χ0) is 15.2. The van der Waals surface area contributed by atoms with Gasteiger partial charge in [-0.1, -0.05) is 18.2 Å². The van der Waals surface area contributed by atoms with E-state index in [0.29, 0.717) is 17.0 Å². The van der Waals surface area contributed by atoms with E-state index >= 15 is 0 Å². The van der Waals surface area contributed by atoms with Crippen LogP contribution in [-0.2, 0) is 16.9 Å². The number of nitrogens with zero attached hydrogens (tertiary/aromatic N) is 2. The Hall–Kier alpha value is -2.34. The summed E-state index contributed by atoms with van der Waals surface area (Å²) in [6, 6.07) is 12.5. The van der Waals surface area contributed by atoms with Crippen LogP contribution in [0.25, 0.3) is 22.4 Å². The molecule has 0 spiro atoms. The quantitative estimate of drug-likeness (QED) is 0.736. The number of hydrogen-bond donors (Lipinski definition) is 1. The van der Waals surface area contributed by atoms with E-state index in [1.54, 1.807) is 18.2 Å². The fourth-order valence-corrected chi connectivity index (χ4v) is 3.25. The van der Waals surface area contributed by atoms with Crippen LogP contribution in [0, 0.1) is 0 Å². The lowest BCUT2D eigenvalue weighted by molar-refractivity contribution is 0.602. The summed E-state index contributed by atoms with van der Waals surface area (Å²) in [6.07, 6.45) is 1.19. The first-order valence-electron chi connectivity index (χ1n) is 6.39. The van der Waals surface area contributed by atoms with Crippen molar-refractivity contribution in [3.63, 3.8) is 0 Å². The summed E-state index contributed by atoms with van der Waals surface area (Å²) in [7, 11) is -1.46. The highest BCUT2D eigenvalue weighted by atomic mass is 32.2. The van der Waals surface area contributed by atoms with Crippen LogP contribution in [0.4, 0.5) is 5.69 Å². The standard InChI is InChI=1S/C15H15N3O2S/c1-18-12-7-4-8-13(21(2,19)20)14(12)17-15(18)10-5-3-6-11(16)9-10/h3-9H,16H2,1-2H3. The van der Waals surface area contributed by atoms with Crippen molar-refractivity contribution < 1.29 is 8.42 Å². The SMILES string of the molecule is Cn1c(-c2cccc(N)c2)nc2c(S(C)(=O)=O)cccc21. The van der Waals surface area contributed by atoms with Crippen molar-refractivity contribution in [2.24, 2.45) is 7.05 Å². The Morgan fingerprint density at radius 3 is 2.52 bits per heavy atom. The number of anilines is 1. The van der Waals surface area contributed by atoms with Gasteiger partial charge in [0.1, 0.15) is 11.3 Å². The molecule has 5 nitrogen and oxygen atoms in total. The van der Waals surface area contributed by atoms with E-state index < -0.39 is 9.84 Å². The van der Waals surface area contributed by atoms with Gasteiger partial charge in [-0.25, -0.2) is 13.4 Å². The highest BCUT2D eigenvalue weighted by Crippen LogP contribution is 2.28. The maximum absolute atomic E-state index is 11.9. The summed E-state index contributed by atoms with van der Waals surface area (Å²) < 4.78 is 25.7. The predicted octanol–water partition coefficient (Wildman–Crippen LogP) is 2.23. The Kier molecular flexibility index (Phi) is 2.98. The molecule has 3 aromatic rings. The molecular formula is C15H15N3O2S. The van der Waals surface area contributed by atoms with E-state index in [1.165, 1.54) is 6.26 Å². The summed E-state index contributed by atoms with van der Waals surface area (Å²) in [5.41, 5.74) is 8.56. The third kappa shape index (κ3) is 2.27. The number of rotatable bonds is 2. The Balaban J connectivity index is 2.35. The number of nitrogen functional groups attached to an aromatic ring is 1. The first-order valence-corrected chi connectivity index (χ1v) is 8.28. The van der Waals surface area contributed by atoms with Gasteiger partial charge in [-0.05, 0) is 24.3 Å². The van der Waals surface area contributed by atoms with E-state index in [0.717, 1.165) is 11.1 Å². The number of imidazole rings is 1. The van der Waals surface area contributed by atoms with Crippen LogP contribution >= 0.6 is 0 Å². The Morgan fingerprint density at radius 2 is 1.86 bits per heavy atom. The maximum atomic E-state index is 11.9. The molecule has 0 radical (unpaired) electrons. The number of hydrogen-bond acceptors (Lipinski definition) is 4. The second-order valence-corrected chi connectivity index (χ2v) is 7.00. The van der Waals surface area contributed by atoms with Crippen LogP contribution < -0.4 is 5.73 Å². The minimum atomic E-state index is -3.32. The summed E-state index contributed by atoms with van der Waals surface area (Å²) in [5, 5.41) is 0. The summed E-state index contributed by atoms with van der Waals surface area (Å²) in [4.78, 5) is 4.76. The molecule has 2 aromatic carbocycles. The van der Waals surface area contributed by atoms with Gasteiger partial charge in [-0.2, -0.15) is 0 Å². The lowest BCUT2D eigenvalue weighted by Crippen LogP contribution is -1.98. The molecule has 3 rings (SSSR count). The fraction of sp³-hybridized carbons (Fsp3) is 0.133. The van der Waals surface area contributed by atoms with Crippen LogP contribution in [-0.4, -0.2) is 24.2 Å². The van der Waals surface area contributed by atoms with Crippen molar-refractivity contribution in [2.45, 2.75) is 4.90 Å². The molecule has 6 heteroatoms. The second kappa shape index (κ2) is 4.60. The minimum absolute atomic E-state index is 0.241. The van der Waals surface area contributed by atoms with Gasteiger partial charge >= 0.3 is 0 Å². The molecule has 0 amide bonds. The van der Waals surface area contributed by atoms with Gasteiger partial charge in [0.15, 0.2) is 9.84 Å². The monoisotopic (exact) mass is 301 g/mol. The first-order chi connectivity index (χ1) is 9.88. The number of benzene rings is 2. The molecular weight excluding hydrogens is 286 g/mol. The van der Waals surface area contributed by atoms with Gasteiger partial charge in [-0.15, -0.1) is 0 Å². The molecule has 0 unspecified atom stereocenters. The molecule has 21 heavy (non-hydrogen) atoms. The number of para-hydroxylation sites is 1. The largest absolute Gasteiger partial charge is 0.399 e. The molecule has 1 aromatic heterocycles. The lowest BCUT2D eigenvalue weighted by atomic mass is 10.2. The van der Waals surface area contributed by atoms with Gasteiger partial charge in [0.05, 0.1) is 10.4 Å². The normalized spacial score (nSPS) is 11.9. The molecule has 0 atom stereocenters. The highest BCUT2D eigenvalue weighted by molar-refractivity contribution is 7.91. The third-order valence-electron chi connectivity index (χ3n) is 3.42. The van der Waals surface area contributed by atoms with Gasteiger partial charge < -0.3 is 10.3 Å². The molecule has 0 aliphatic heterocycles. The number of aromatic nitrogens is 2. The number of nitrogens with two attached hydrogens (primary N) is 1. The van der Waals surface area contributed by atoms with E-state index in [9.17, 15) is 8.42 Å². The third-order valence-corrected chi connectivity index (χ3v) is 4.55. The molecule has 0 bridgehead atoms. The van der Waals surface area contributed by atoms with Crippen LogP contribution in [0.15, 0.2) is 47.4 Å². The first kappa shape index (κ1) is 13.6. The van der Waals surface area contributed by atoms with Crippen molar-refractivity contribution >= 4 is 26.6 Å². The van der Waals surface area contributed by atoms with E-state index in [-0.39, 0.29) is 4.90 Å². The number of fused-ring (bicyclic) bond motifs is 1. The number of sulfone groups is 1. The summed E-state index contributed by atoms with van der Waals surface area (Å²) in [6.45, 7) is 0. The smallest absolute Gasteiger partial charge is 0.177 e. The van der Waals surface area contributed by atoms with Gasteiger partial charge in [-0.3, -0.25) is 0 Å². The topological polar surface area (TPSA) is 78.0 Å². The Bertz CT molecular complexity index is 943. The van der Waals surface area contributed by atoms with Crippen molar-refractivity contribution in [3.8, 4) is 11.4 Å². The molecule has 0 saturated heterocycles. The molecule has 108 valence electrons. The second-order valence-electron chi connectivity index (χ2n) is 5.02. The molecule has 0 saturated carbocycles. The van der Waals surface area contributed by atoms with Crippen molar-refractivity contribution in [3.05, 3.63) is 42.5 Å². The van der Waals surface area contributed by atoms with Gasteiger partial charge in [0, 0.05) is 24.6 Å². The van der Waals surface area contributed by atoms with Gasteiger partial charge in [0.2, 0.25) is 0 Å². The van der Waals surface area contributed by atoms with Crippen LogP contribution in [0.1, 0.15) is 0 Å². The average molecular weight is 301 g/mol. The zero-order valence-electron chi connectivity index (χ0n) is 11.7. The lowest BCUT2D eigenvalue weighted by Gasteiger charge is -2.03. The Morgan fingerprint density at radius 1 is 1.14 bits per heavy atom. The Labute approximate surface area is 123 Å². The van der Waals surface area contributed by atoms with Crippen molar-refractivity contribution in [1.29, 1.82) is 0 Å².